The van der Waals surface area contributed by atoms with Crippen LogP contribution < -0.4 is 5.32 Å². The largest absolute Gasteiger partial charge is 0.467 e. The molecule has 1 saturated heterocycles. The Hall–Kier alpha value is -2.12. The summed E-state index contributed by atoms with van der Waals surface area (Å²) in [7, 11) is 0. The van der Waals surface area contributed by atoms with Crippen molar-refractivity contribution in [2.24, 2.45) is 0 Å². The second-order valence-corrected chi connectivity index (χ2v) is 8.18. The molecular weight excluding hydrogens is 364 g/mol. The summed E-state index contributed by atoms with van der Waals surface area (Å²) in [5.41, 5.74) is -0.626. The van der Waals surface area contributed by atoms with E-state index in [2.05, 4.69) is 5.32 Å². The van der Waals surface area contributed by atoms with Gasteiger partial charge < -0.3 is 14.5 Å². The van der Waals surface area contributed by atoms with Crippen molar-refractivity contribution in [1.29, 1.82) is 0 Å². The maximum atomic E-state index is 13.2. The molecule has 2 aromatic rings. The molecule has 1 unspecified atom stereocenters. The van der Waals surface area contributed by atoms with E-state index in [0.29, 0.717) is 18.7 Å². The standard InChI is InChI=1S/C20H24N2O4S/c23-18(12-16-7-5-11-27-16)22-17(14-26-20(22)8-2-1-3-9-20)19(24)21-13-15-6-4-10-25-15/h4-7,10-11,17H,1-3,8-9,12-14H2,(H,21,24). The van der Waals surface area contributed by atoms with Crippen LogP contribution in [0.25, 0.3) is 0 Å². The number of nitrogens with one attached hydrogen (secondary N) is 1. The molecule has 2 aromatic heterocycles. The highest BCUT2D eigenvalue weighted by Crippen LogP contribution is 2.41. The van der Waals surface area contributed by atoms with Gasteiger partial charge in [0.1, 0.15) is 17.5 Å². The van der Waals surface area contributed by atoms with Crippen molar-refractivity contribution in [2.75, 3.05) is 6.61 Å². The lowest BCUT2D eigenvalue weighted by Gasteiger charge is -2.41. The van der Waals surface area contributed by atoms with E-state index in [0.717, 1.165) is 37.0 Å². The summed E-state index contributed by atoms with van der Waals surface area (Å²) < 4.78 is 11.4. The lowest BCUT2D eigenvalue weighted by molar-refractivity contribution is -0.159. The van der Waals surface area contributed by atoms with Gasteiger partial charge in [0.2, 0.25) is 11.8 Å². The average Bonchev–Trinajstić information content (AvgIpc) is 3.42. The van der Waals surface area contributed by atoms with Crippen LogP contribution in [0, 0.1) is 0 Å². The van der Waals surface area contributed by atoms with E-state index in [4.69, 9.17) is 9.15 Å². The van der Waals surface area contributed by atoms with Crippen LogP contribution in [-0.4, -0.2) is 35.1 Å². The molecule has 1 aliphatic carbocycles. The van der Waals surface area contributed by atoms with Crippen molar-refractivity contribution < 1.29 is 18.7 Å². The topological polar surface area (TPSA) is 71.8 Å². The quantitative estimate of drug-likeness (QED) is 0.854. The molecular formula is C20H24N2O4S. The highest BCUT2D eigenvalue weighted by Gasteiger charge is 2.52. The molecule has 1 atom stereocenters. The van der Waals surface area contributed by atoms with Crippen molar-refractivity contribution in [2.45, 2.75) is 56.8 Å². The van der Waals surface area contributed by atoms with Crippen molar-refractivity contribution >= 4 is 23.2 Å². The Morgan fingerprint density at radius 1 is 1.22 bits per heavy atom. The highest BCUT2D eigenvalue weighted by molar-refractivity contribution is 7.10. The molecule has 6 nitrogen and oxygen atoms in total. The summed E-state index contributed by atoms with van der Waals surface area (Å²) in [5, 5.41) is 4.85. The Morgan fingerprint density at radius 2 is 2.07 bits per heavy atom. The normalized spacial score (nSPS) is 21.5. The zero-order valence-corrected chi connectivity index (χ0v) is 16.0. The van der Waals surface area contributed by atoms with Gasteiger partial charge in [-0.3, -0.25) is 14.5 Å². The fourth-order valence-electron chi connectivity index (χ4n) is 4.10. The molecule has 4 rings (SSSR count). The molecule has 1 aliphatic heterocycles. The number of thiophene rings is 1. The van der Waals surface area contributed by atoms with Gasteiger partial charge in [0, 0.05) is 4.88 Å². The van der Waals surface area contributed by atoms with Crippen LogP contribution in [0.5, 0.6) is 0 Å². The fraction of sp³-hybridized carbons (Fsp3) is 0.500. The van der Waals surface area contributed by atoms with Crippen molar-refractivity contribution in [1.82, 2.24) is 10.2 Å². The van der Waals surface area contributed by atoms with Crippen LogP contribution >= 0.6 is 11.3 Å². The van der Waals surface area contributed by atoms with Gasteiger partial charge in [0.25, 0.3) is 0 Å². The van der Waals surface area contributed by atoms with Crippen LogP contribution in [0.4, 0.5) is 0 Å². The van der Waals surface area contributed by atoms with Gasteiger partial charge in [0.15, 0.2) is 0 Å². The summed E-state index contributed by atoms with van der Waals surface area (Å²) in [5.74, 6) is 0.467. The van der Waals surface area contributed by atoms with Crippen molar-refractivity contribution in [3.05, 3.63) is 46.5 Å². The van der Waals surface area contributed by atoms with Crippen LogP contribution in [0.1, 0.15) is 42.7 Å². The monoisotopic (exact) mass is 388 g/mol. The second-order valence-electron chi connectivity index (χ2n) is 7.15. The predicted octanol–water partition coefficient (Wildman–Crippen LogP) is 3.09. The van der Waals surface area contributed by atoms with E-state index in [9.17, 15) is 9.59 Å². The van der Waals surface area contributed by atoms with Gasteiger partial charge in [-0.05, 0) is 49.3 Å². The van der Waals surface area contributed by atoms with Gasteiger partial charge >= 0.3 is 0 Å². The van der Waals surface area contributed by atoms with Crippen molar-refractivity contribution in [3.8, 4) is 0 Å². The third-order valence-electron chi connectivity index (χ3n) is 5.39. The minimum Gasteiger partial charge on any atom is -0.467 e. The van der Waals surface area contributed by atoms with Crippen LogP contribution in [-0.2, 0) is 27.3 Å². The number of ether oxygens (including phenoxy) is 1. The molecule has 0 radical (unpaired) electrons. The number of hydrogen-bond acceptors (Lipinski definition) is 5. The molecule has 2 fully saturated rings. The first-order valence-corrected chi connectivity index (χ1v) is 10.3. The lowest BCUT2D eigenvalue weighted by atomic mass is 9.90. The molecule has 3 heterocycles. The number of carbonyl (C=O) groups excluding carboxylic acids is 2. The van der Waals surface area contributed by atoms with Gasteiger partial charge in [0.05, 0.1) is 25.8 Å². The number of carbonyl (C=O) groups is 2. The number of furan rings is 1. The van der Waals surface area contributed by atoms with Crippen LogP contribution in [0.15, 0.2) is 40.3 Å². The van der Waals surface area contributed by atoms with Crippen molar-refractivity contribution in [3.63, 3.8) is 0 Å². The molecule has 1 saturated carbocycles. The predicted molar refractivity (Wildman–Crippen MR) is 101 cm³/mol. The Balaban J connectivity index is 1.51. The van der Waals surface area contributed by atoms with E-state index in [1.807, 2.05) is 23.6 Å². The van der Waals surface area contributed by atoms with E-state index in [-0.39, 0.29) is 18.4 Å². The summed E-state index contributed by atoms with van der Waals surface area (Å²) in [4.78, 5) is 28.8. The number of rotatable bonds is 5. The first kappa shape index (κ1) is 18.3. The summed E-state index contributed by atoms with van der Waals surface area (Å²) in [6.45, 7) is 0.558. The minimum atomic E-state index is -0.626. The molecule has 27 heavy (non-hydrogen) atoms. The first-order chi connectivity index (χ1) is 13.2. The summed E-state index contributed by atoms with van der Waals surface area (Å²) in [6, 6.07) is 6.91. The molecule has 144 valence electrons. The minimum absolute atomic E-state index is 0.0324. The van der Waals surface area contributed by atoms with Gasteiger partial charge in [-0.2, -0.15) is 0 Å². The molecule has 7 heteroatoms. The maximum Gasteiger partial charge on any atom is 0.245 e. The van der Waals surface area contributed by atoms with E-state index in [1.165, 1.54) is 0 Å². The summed E-state index contributed by atoms with van der Waals surface area (Å²) >= 11 is 1.56. The van der Waals surface area contributed by atoms with Crippen LogP contribution in [0.2, 0.25) is 0 Å². The Bertz CT molecular complexity index is 766. The summed E-state index contributed by atoms with van der Waals surface area (Å²) in [6.07, 6.45) is 6.66. The zero-order valence-electron chi connectivity index (χ0n) is 15.2. The maximum absolute atomic E-state index is 13.2. The Morgan fingerprint density at radius 3 is 2.78 bits per heavy atom. The molecule has 0 aromatic carbocycles. The molecule has 2 amide bonds. The average molecular weight is 388 g/mol. The van der Waals surface area contributed by atoms with Gasteiger partial charge in [-0.25, -0.2) is 0 Å². The second kappa shape index (κ2) is 7.86. The number of hydrogen-bond donors (Lipinski definition) is 1. The molecule has 1 N–H and O–H groups in total. The third-order valence-corrected chi connectivity index (χ3v) is 6.27. The van der Waals surface area contributed by atoms with Gasteiger partial charge in [-0.1, -0.05) is 12.5 Å². The van der Waals surface area contributed by atoms with E-state index >= 15 is 0 Å². The number of amides is 2. The smallest absolute Gasteiger partial charge is 0.245 e. The molecule has 0 bridgehead atoms. The first-order valence-electron chi connectivity index (χ1n) is 9.47. The van der Waals surface area contributed by atoms with Gasteiger partial charge in [-0.15, -0.1) is 11.3 Å². The number of nitrogens with zero attached hydrogens (tertiary/aromatic N) is 1. The van der Waals surface area contributed by atoms with E-state index in [1.54, 1.807) is 28.6 Å². The van der Waals surface area contributed by atoms with E-state index < -0.39 is 11.8 Å². The highest BCUT2D eigenvalue weighted by atomic mass is 32.1. The van der Waals surface area contributed by atoms with Crippen LogP contribution in [0.3, 0.4) is 0 Å². The Labute approximate surface area is 162 Å². The molecule has 1 spiro atoms. The zero-order chi connectivity index (χ0) is 18.7. The lowest BCUT2D eigenvalue weighted by Crippen LogP contribution is -2.56. The fourth-order valence-corrected chi connectivity index (χ4v) is 4.79. The SMILES string of the molecule is O=C(NCc1ccco1)C1COC2(CCCCC2)N1C(=O)Cc1cccs1. The molecule has 2 aliphatic rings. The third kappa shape index (κ3) is 3.80. The Kier molecular flexibility index (Phi) is 5.31.